The van der Waals surface area contributed by atoms with Gasteiger partial charge >= 0.3 is 11.2 Å². The zero-order valence-corrected chi connectivity index (χ0v) is 18.9. The number of likely N-dealkylation sites (tertiary alicyclic amines) is 1. The maximum atomic E-state index is 13.2. The fourth-order valence-corrected chi connectivity index (χ4v) is 5.58. The molecule has 8 heteroatoms. The van der Waals surface area contributed by atoms with E-state index in [2.05, 4.69) is 36.7 Å². The van der Waals surface area contributed by atoms with E-state index < -0.39 is 10.5 Å². The van der Waals surface area contributed by atoms with Crippen molar-refractivity contribution in [3.05, 3.63) is 74.3 Å². The van der Waals surface area contributed by atoms with Gasteiger partial charge in [-0.15, -0.1) is 0 Å². The van der Waals surface area contributed by atoms with E-state index in [0.717, 1.165) is 12.1 Å². The molecule has 0 unspecified atom stereocenters. The first kappa shape index (κ1) is 21.4. The van der Waals surface area contributed by atoms with Crippen molar-refractivity contribution in [2.75, 3.05) is 13.1 Å². The summed E-state index contributed by atoms with van der Waals surface area (Å²) in [5.41, 5.74) is 2.27. The van der Waals surface area contributed by atoms with E-state index in [1.54, 1.807) is 10.6 Å². The molecule has 172 valence electrons. The number of para-hydroxylation sites is 1. The molecule has 2 aliphatic heterocycles. The van der Waals surface area contributed by atoms with Gasteiger partial charge in [0.1, 0.15) is 0 Å². The van der Waals surface area contributed by atoms with Gasteiger partial charge in [0.2, 0.25) is 5.91 Å². The number of aromatic nitrogens is 2. The molecule has 1 saturated heterocycles. The van der Waals surface area contributed by atoms with Gasteiger partial charge in [0.25, 0.3) is 0 Å². The third kappa shape index (κ3) is 3.73. The summed E-state index contributed by atoms with van der Waals surface area (Å²) in [6.45, 7) is 5.90. The predicted molar refractivity (Wildman–Crippen MR) is 125 cm³/mol. The Balaban J connectivity index is 1.32. The summed E-state index contributed by atoms with van der Waals surface area (Å²) in [6.07, 6.45) is 4.21. The van der Waals surface area contributed by atoms with Gasteiger partial charge < -0.3 is 14.0 Å². The number of rotatable bonds is 5. The number of carbonyl (C=O) groups excluding carboxylic acids is 1. The quantitative estimate of drug-likeness (QED) is 0.438. The van der Waals surface area contributed by atoms with Crippen LogP contribution in [0.15, 0.2) is 47.4 Å². The van der Waals surface area contributed by atoms with Crippen LogP contribution in [-0.4, -0.2) is 38.0 Å². The van der Waals surface area contributed by atoms with Gasteiger partial charge in [-0.1, -0.05) is 18.2 Å². The molecule has 33 heavy (non-hydrogen) atoms. The molecule has 1 amide bonds. The average molecular weight is 449 g/mol. The fraction of sp³-hybridized carbons (Fsp3) is 0.440. The third-order valence-electron chi connectivity index (χ3n) is 7.12. The van der Waals surface area contributed by atoms with E-state index >= 15 is 0 Å². The monoisotopic (exact) mass is 448 g/mol. The van der Waals surface area contributed by atoms with E-state index in [4.69, 9.17) is 0 Å². The molecular formula is C25H28N4O4. The molecule has 0 aliphatic carbocycles. The van der Waals surface area contributed by atoms with Crippen molar-refractivity contribution in [3.63, 3.8) is 0 Å². The Morgan fingerprint density at radius 2 is 1.94 bits per heavy atom. The van der Waals surface area contributed by atoms with Crippen LogP contribution in [0.25, 0.3) is 10.9 Å². The Hall–Kier alpha value is -3.42. The highest BCUT2D eigenvalue weighted by Crippen LogP contribution is 2.36. The normalized spacial score (nSPS) is 19.7. The summed E-state index contributed by atoms with van der Waals surface area (Å²) in [7, 11) is 0. The first-order valence-electron chi connectivity index (χ1n) is 11.6. The van der Waals surface area contributed by atoms with Crippen LogP contribution in [-0.2, 0) is 17.8 Å². The van der Waals surface area contributed by atoms with Crippen LogP contribution < -0.4 is 5.56 Å². The Labute approximate surface area is 191 Å². The lowest BCUT2D eigenvalue weighted by Gasteiger charge is -2.42. The highest BCUT2D eigenvalue weighted by molar-refractivity contribution is 5.85. The fourth-order valence-electron chi connectivity index (χ4n) is 5.58. The Morgan fingerprint density at radius 1 is 1.15 bits per heavy atom. The van der Waals surface area contributed by atoms with Gasteiger partial charge in [-0.2, -0.15) is 0 Å². The first-order valence-corrected chi connectivity index (χ1v) is 11.6. The molecular weight excluding hydrogens is 420 g/mol. The van der Waals surface area contributed by atoms with Gasteiger partial charge in [0, 0.05) is 66.9 Å². The molecule has 1 aromatic carbocycles. The molecule has 0 spiro atoms. The summed E-state index contributed by atoms with van der Waals surface area (Å²) in [4.78, 5) is 38.2. The number of hydrogen-bond acceptors (Lipinski definition) is 4. The second-order valence-electron chi connectivity index (χ2n) is 9.59. The third-order valence-corrected chi connectivity index (χ3v) is 7.12. The number of aryl methyl sites for hydroxylation is 1. The number of hydrogen-bond donors (Lipinski definition) is 0. The highest BCUT2D eigenvalue weighted by atomic mass is 16.6. The SMILES string of the molecule is CC(C)n1cc(CCC(=O)N2C[C@H]3C[C@@H](C2)c2ccc([N+](=O)[O-])c(=O)n2C3)c2ccccc21. The number of amides is 1. The molecule has 0 saturated carbocycles. The van der Waals surface area contributed by atoms with Gasteiger partial charge in [-0.05, 0) is 50.3 Å². The largest absolute Gasteiger partial charge is 0.345 e. The topological polar surface area (TPSA) is 90.4 Å². The second kappa shape index (κ2) is 8.17. The van der Waals surface area contributed by atoms with Gasteiger partial charge in [-0.3, -0.25) is 19.7 Å². The number of carbonyl (C=O) groups is 1. The highest BCUT2D eigenvalue weighted by Gasteiger charge is 2.37. The molecule has 8 nitrogen and oxygen atoms in total. The van der Waals surface area contributed by atoms with Crippen molar-refractivity contribution in [1.82, 2.24) is 14.0 Å². The lowest BCUT2D eigenvalue weighted by molar-refractivity contribution is -0.386. The summed E-state index contributed by atoms with van der Waals surface area (Å²) >= 11 is 0. The van der Waals surface area contributed by atoms with Crippen LogP contribution in [0.4, 0.5) is 5.69 Å². The zero-order valence-electron chi connectivity index (χ0n) is 18.9. The minimum absolute atomic E-state index is 0.0396. The number of benzene rings is 1. The van der Waals surface area contributed by atoms with Gasteiger partial charge in [0.05, 0.1) is 4.92 Å². The molecule has 3 aromatic rings. The molecule has 2 aromatic heterocycles. The molecule has 0 N–H and O–H groups in total. The average Bonchev–Trinajstić information content (AvgIpc) is 3.17. The molecule has 1 fully saturated rings. The van der Waals surface area contributed by atoms with Crippen LogP contribution in [0.1, 0.15) is 49.9 Å². The van der Waals surface area contributed by atoms with E-state index in [-0.39, 0.29) is 23.4 Å². The number of fused-ring (bicyclic) bond motifs is 5. The summed E-state index contributed by atoms with van der Waals surface area (Å²) in [6, 6.07) is 11.7. The number of pyridine rings is 1. The van der Waals surface area contributed by atoms with E-state index in [1.165, 1.54) is 22.5 Å². The van der Waals surface area contributed by atoms with E-state index in [9.17, 15) is 19.7 Å². The minimum atomic E-state index is -0.619. The maximum Gasteiger partial charge on any atom is 0.334 e. The molecule has 2 bridgehead atoms. The standard InChI is InChI=1S/C25H28N4O4/c1-16(2)27-15-18(20-5-3-4-6-22(20)27)7-10-24(30)26-12-17-11-19(14-26)21-8-9-23(29(32)33)25(31)28(21)13-17/h3-6,8-9,15-17,19H,7,10-14H2,1-2H3/t17-,19+/m1/s1. The molecule has 4 heterocycles. The number of nitro groups is 1. The van der Waals surface area contributed by atoms with Gasteiger partial charge in [0.15, 0.2) is 0 Å². The molecule has 2 atom stereocenters. The van der Waals surface area contributed by atoms with Crippen molar-refractivity contribution >= 4 is 22.5 Å². The van der Waals surface area contributed by atoms with E-state index in [0.29, 0.717) is 38.5 Å². The van der Waals surface area contributed by atoms with Crippen LogP contribution in [0.2, 0.25) is 0 Å². The summed E-state index contributed by atoms with van der Waals surface area (Å²) in [5.74, 6) is 0.310. The zero-order chi connectivity index (χ0) is 23.3. The lowest BCUT2D eigenvalue weighted by Crippen LogP contribution is -2.49. The van der Waals surface area contributed by atoms with Crippen LogP contribution in [0.3, 0.4) is 0 Å². The number of nitrogens with zero attached hydrogens (tertiary/aromatic N) is 4. The summed E-state index contributed by atoms with van der Waals surface area (Å²) in [5, 5.41) is 12.3. The predicted octanol–water partition coefficient (Wildman–Crippen LogP) is 3.87. The maximum absolute atomic E-state index is 13.2. The van der Waals surface area contributed by atoms with Crippen LogP contribution >= 0.6 is 0 Å². The Morgan fingerprint density at radius 3 is 2.70 bits per heavy atom. The van der Waals surface area contributed by atoms with Crippen molar-refractivity contribution in [2.24, 2.45) is 5.92 Å². The van der Waals surface area contributed by atoms with Crippen LogP contribution in [0, 0.1) is 16.0 Å². The molecule has 0 radical (unpaired) electrons. The second-order valence-corrected chi connectivity index (χ2v) is 9.59. The van der Waals surface area contributed by atoms with E-state index in [1.807, 2.05) is 17.0 Å². The Kier molecular flexibility index (Phi) is 5.31. The van der Waals surface area contributed by atoms with Crippen molar-refractivity contribution < 1.29 is 9.72 Å². The number of piperidine rings is 1. The van der Waals surface area contributed by atoms with Crippen molar-refractivity contribution in [3.8, 4) is 0 Å². The first-order chi connectivity index (χ1) is 15.8. The Bertz CT molecular complexity index is 1310. The lowest BCUT2D eigenvalue weighted by atomic mass is 9.83. The summed E-state index contributed by atoms with van der Waals surface area (Å²) < 4.78 is 3.81. The van der Waals surface area contributed by atoms with Crippen molar-refractivity contribution in [2.45, 2.75) is 51.6 Å². The van der Waals surface area contributed by atoms with Crippen LogP contribution in [0.5, 0.6) is 0 Å². The molecule has 5 rings (SSSR count). The minimum Gasteiger partial charge on any atom is -0.345 e. The molecule has 2 aliphatic rings. The van der Waals surface area contributed by atoms with Crippen molar-refractivity contribution in [1.29, 1.82) is 0 Å². The smallest absolute Gasteiger partial charge is 0.334 e. The van der Waals surface area contributed by atoms with Gasteiger partial charge in [-0.25, -0.2) is 0 Å².